The predicted octanol–water partition coefficient (Wildman–Crippen LogP) is 5.18. The van der Waals surface area contributed by atoms with Crippen LogP contribution in [0, 0.1) is 6.92 Å². The van der Waals surface area contributed by atoms with Crippen molar-refractivity contribution in [3.63, 3.8) is 0 Å². The van der Waals surface area contributed by atoms with Crippen molar-refractivity contribution in [1.82, 2.24) is 0 Å². The minimum absolute atomic E-state index is 0.205. The molecule has 4 heteroatoms. The highest BCUT2D eigenvalue weighted by atomic mass is 35.5. The van der Waals surface area contributed by atoms with E-state index < -0.39 is 6.10 Å². The van der Waals surface area contributed by atoms with Crippen LogP contribution in [0.25, 0.3) is 0 Å². The smallest absolute Gasteiger partial charge is 0.265 e. The number of hydrogen-bond acceptors (Lipinski definition) is 2. The van der Waals surface area contributed by atoms with Crippen molar-refractivity contribution in [3.05, 3.63) is 58.6 Å². The van der Waals surface area contributed by atoms with E-state index in [1.54, 1.807) is 19.1 Å². The van der Waals surface area contributed by atoms with Gasteiger partial charge in [0.05, 0.1) is 0 Å². The van der Waals surface area contributed by atoms with Gasteiger partial charge in [0.25, 0.3) is 5.91 Å². The monoisotopic (exact) mass is 331 g/mol. The van der Waals surface area contributed by atoms with Crippen LogP contribution in [0.3, 0.4) is 0 Å². The van der Waals surface area contributed by atoms with Gasteiger partial charge in [0.2, 0.25) is 0 Å². The average molecular weight is 332 g/mol. The standard InChI is InChI=1S/C19H22ClNO2/c1-12(2)15-8-10-16(11-9-15)23-14(4)19(22)21-18-7-5-6-17(20)13(18)3/h5-12,14H,1-4H3,(H,21,22)/t14-/m1/s1. The van der Waals surface area contributed by atoms with Crippen LogP contribution in [0.2, 0.25) is 5.02 Å². The van der Waals surface area contributed by atoms with E-state index in [2.05, 4.69) is 19.2 Å². The van der Waals surface area contributed by atoms with Crippen molar-refractivity contribution < 1.29 is 9.53 Å². The van der Waals surface area contributed by atoms with E-state index in [0.717, 1.165) is 5.56 Å². The molecule has 0 heterocycles. The quantitative estimate of drug-likeness (QED) is 0.820. The summed E-state index contributed by atoms with van der Waals surface area (Å²) in [6.45, 7) is 7.87. The molecule has 0 saturated carbocycles. The van der Waals surface area contributed by atoms with E-state index in [1.165, 1.54) is 5.56 Å². The summed E-state index contributed by atoms with van der Waals surface area (Å²) >= 11 is 6.06. The molecule has 0 fully saturated rings. The Kier molecular flexibility index (Phi) is 5.67. The minimum Gasteiger partial charge on any atom is -0.481 e. The molecule has 0 aliphatic rings. The normalized spacial score (nSPS) is 12.1. The molecule has 122 valence electrons. The number of benzene rings is 2. The molecule has 0 unspecified atom stereocenters. The van der Waals surface area contributed by atoms with Gasteiger partial charge in [0.15, 0.2) is 6.10 Å². The van der Waals surface area contributed by atoms with Gasteiger partial charge in [-0.1, -0.05) is 43.6 Å². The fourth-order valence-corrected chi connectivity index (χ4v) is 2.34. The minimum atomic E-state index is -0.599. The molecule has 23 heavy (non-hydrogen) atoms. The molecule has 3 nitrogen and oxygen atoms in total. The van der Waals surface area contributed by atoms with E-state index in [9.17, 15) is 4.79 Å². The first-order valence-electron chi connectivity index (χ1n) is 7.71. The Bertz CT molecular complexity index is 680. The summed E-state index contributed by atoms with van der Waals surface area (Å²) < 4.78 is 5.71. The third-order valence-corrected chi connectivity index (χ3v) is 4.16. The lowest BCUT2D eigenvalue weighted by Crippen LogP contribution is -2.30. The van der Waals surface area contributed by atoms with Crippen molar-refractivity contribution in [1.29, 1.82) is 0 Å². The topological polar surface area (TPSA) is 38.3 Å². The number of nitrogens with one attached hydrogen (secondary N) is 1. The van der Waals surface area contributed by atoms with Gasteiger partial charge < -0.3 is 10.1 Å². The zero-order valence-electron chi connectivity index (χ0n) is 13.9. The Hall–Kier alpha value is -2.00. The fraction of sp³-hybridized carbons (Fsp3) is 0.316. The van der Waals surface area contributed by atoms with E-state index in [-0.39, 0.29) is 5.91 Å². The van der Waals surface area contributed by atoms with Crippen molar-refractivity contribution in [2.75, 3.05) is 5.32 Å². The summed E-state index contributed by atoms with van der Waals surface area (Å²) in [5.74, 6) is 0.943. The Labute approximate surface area is 142 Å². The number of halogens is 1. The number of carbonyl (C=O) groups excluding carboxylic acids is 1. The lowest BCUT2D eigenvalue weighted by Gasteiger charge is -2.16. The van der Waals surface area contributed by atoms with Crippen LogP contribution in [0.4, 0.5) is 5.69 Å². The number of anilines is 1. The fourth-order valence-electron chi connectivity index (χ4n) is 2.17. The highest BCUT2D eigenvalue weighted by Gasteiger charge is 2.16. The third-order valence-electron chi connectivity index (χ3n) is 3.75. The lowest BCUT2D eigenvalue weighted by atomic mass is 10.0. The molecule has 0 radical (unpaired) electrons. The highest BCUT2D eigenvalue weighted by Crippen LogP contribution is 2.24. The van der Waals surface area contributed by atoms with E-state index >= 15 is 0 Å². The summed E-state index contributed by atoms with van der Waals surface area (Å²) in [6.07, 6.45) is -0.599. The number of carbonyl (C=O) groups is 1. The van der Waals surface area contributed by atoms with Crippen LogP contribution in [0.15, 0.2) is 42.5 Å². The summed E-state index contributed by atoms with van der Waals surface area (Å²) in [5.41, 5.74) is 2.79. The molecule has 2 aromatic rings. The van der Waals surface area contributed by atoms with Gasteiger partial charge in [-0.2, -0.15) is 0 Å². The van der Waals surface area contributed by atoms with Crippen molar-refractivity contribution >= 4 is 23.2 Å². The molecule has 0 bridgehead atoms. The van der Waals surface area contributed by atoms with Gasteiger partial charge in [0.1, 0.15) is 5.75 Å². The zero-order valence-corrected chi connectivity index (χ0v) is 14.6. The second-order valence-corrected chi connectivity index (χ2v) is 6.29. The summed E-state index contributed by atoms with van der Waals surface area (Å²) in [6, 6.07) is 13.2. The van der Waals surface area contributed by atoms with E-state index in [1.807, 2.05) is 37.3 Å². The van der Waals surface area contributed by atoms with E-state index in [4.69, 9.17) is 16.3 Å². The average Bonchev–Trinajstić information content (AvgIpc) is 2.52. The molecule has 1 atom stereocenters. The van der Waals surface area contributed by atoms with Gasteiger partial charge in [-0.3, -0.25) is 4.79 Å². The molecule has 1 N–H and O–H groups in total. The number of amides is 1. The maximum absolute atomic E-state index is 12.3. The van der Waals surface area contributed by atoms with E-state index in [0.29, 0.717) is 22.4 Å². The maximum atomic E-state index is 12.3. The Morgan fingerprint density at radius 1 is 1.09 bits per heavy atom. The third kappa shape index (κ3) is 4.49. The molecule has 0 aromatic heterocycles. The van der Waals surface area contributed by atoms with Crippen LogP contribution >= 0.6 is 11.6 Å². The molecule has 2 aromatic carbocycles. The maximum Gasteiger partial charge on any atom is 0.265 e. The summed E-state index contributed by atoms with van der Waals surface area (Å²) in [5, 5.41) is 3.48. The van der Waals surface area contributed by atoms with Gasteiger partial charge >= 0.3 is 0 Å². The number of rotatable bonds is 5. The number of hydrogen-bond donors (Lipinski definition) is 1. The molecule has 0 spiro atoms. The first kappa shape index (κ1) is 17.4. The Morgan fingerprint density at radius 3 is 2.35 bits per heavy atom. The van der Waals surface area contributed by atoms with Crippen molar-refractivity contribution in [2.45, 2.75) is 39.7 Å². The summed E-state index contributed by atoms with van der Waals surface area (Å²) in [7, 11) is 0. The Morgan fingerprint density at radius 2 is 1.74 bits per heavy atom. The second kappa shape index (κ2) is 7.51. The molecule has 0 aliphatic carbocycles. The van der Waals surface area contributed by atoms with Gasteiger partial charge in [0, 0.05) is 10.7 Å². The van der Waals surface area contributed by atoms with Crippen LogP contribution in [0.1, 0.15) is 37.8 Å². The molecule has 0 saturated heterocycles. The second-order valence-electron chi connectivity index (χ2n) is 5.89. The highest BCUT2D eigenvalue weighted by molar-refractivity contribution is 6.31. The van der Waals surface area contributed by atoms with Gasteiger partial charge in [-0.05, 0) is 55.2 Å². The van der Waals surface area contributed by atoms with Crippen molar-refractivity contribution in [2.24, 2.45) is 0 Å². The predicted molar refractivity (Wildman–Crippen MR) is 95.4 cm³/mol. The largest absolute Gasteiger partial charge is 0.481 e. The summed E-state index contributed by atoms with van der Waals surface area (Å²) in [4.78, 5) is 12.3. The first-order valence-corrected chi connectivity index (χ1v) is 8.09. The Balaban J connectivity index is 2.01. The van der Waals surface area contributed by atoms with Crippen molar-refractivity contribution in [3.8, 4) is 5.75 Å². The van der Waals surface area contributed by atoms with Gasteiger partial charge in [-0.15, -0.1) is 0 Å². The van der Waals surface area contributed by atoms with Gasteiger partial charge in [-0.25, -0.2) is 0 Å². The molecule has 2 rings (SSSR count). The first-order chi connectivity index (χ1) is 10.9. The van der Waals surface area contributed by atoms with Crippen LogP contribution in [0.5, 0.6) is 5.75 Å². The van der Waals surface area contributed by atoms with Crippen LogP contribution < -0.4 is 10.1 Å². The molecular weight excluding hydrogens is 310 g/mol. The molecule has 0 aliphatic heterocycles. The number of ether oxygens (including phenoxy) is 1. The lowest BCUT2D eigenvalue weighted by molar-refractivity contribution is -0.122. The molecular formula is C19H22ClNO2. The van der Waals surface area contributed by atoms with Crippen LogP contribution in [-0.2, 0) is 4.79 Å². The zero-order chi connectivity index (χ0) is 17.0. The van der Waals surface area contributed by atoms with Crippen LogP contribution in [-0.4, -0.2) is 12.0 Å². The SMILES string of the molecule is Cc1c(Cl)cccc1NC(=O)[C@@H](C)Oc1ccc(C(C)C)cc1. The molecule has 1 amide bonds.